The summed E-state index contributed by atoms with van der Waals surface area (Å²) in [6.45, 7) is 5.67. The lowest BCUT2D eigenvalue weighted by molar-refractivity contribution is 0.264. The van der Waals surface area contributed by atoms with Crippen LogP contribution in [-0.4, -0.2) is 17.1 Å². The van der Waals surface area contributed by atoms with Crippen LogP contribution in [0.25, 0.3) is 0 Å². The molecule has 1 aromatic carbocycles. The normalized spacial score (nSPS) is 13.7. The Morgan fingerprint density at radius 3 is 2.73 bits per heavy atom. The molecule has 0 aromatic heterocycles. The fourth-order valence-corrected chi connectivity index (χ4v) is 1.17. The standard InChI is InChI=1S/C11H16N2O2/c1-7-4-5-8(2)10(6-7)15-9(3)11(12)13-14/h4-6,9,14H,1-3H3,(H2,12,13). The Morgan fingerprint density at radius 1 is 1.47 bits per heavy atom. The highest BCUT2D eigenvalue weighted by molar-refractivity contribution is 5.84. The molecule has 1 atom stereocenters. The third-order valence-electron chi connectivity index (χ3n) is 2.18. The zero-order chi connectivity index (χ0) is 11.4. The molecule has 1 unspecified atom stereocenters. The Hall–Kier alpha value is -1.71. The third kappa shape index (κ3) is 2.87. The monoisotopic (exact) mass is 208 g/mol. The van der Waals surface area contributed by atoms with E-state index in [-0.39, 0.29) is 5.84 Å². The first-order valence-electron chi connectivity index (χ1n) is 4.76. The van der Waals surface area contributed by atoms with Crippen molar-refractivity contribution in [3.05, 3.63) is 29.3 Å². The second kappa shape index (κ2) is 4.68. The van der Waals surface area contributed by atoms with Crippen molar-refractivity contribution in [3.8, 4) is 5.75 Å². The van der Waals surface area contributed by atoms with Crippen LogP contribution >= 0.6 is 0 Å². The molecule has 0 radical (unpaired) electrons. The largest absolute Gasteiger partial charge is 0.482 e. The molecule has 4 heteroatoms. The molecule has 0 fully saturated rings. The Kier molecular flexibility index (Phi) is 3.55. The minimum Gasteiger partial charge on any atom is -0.482 e. The number of hydrogen-bond donors (Lipinski definition) is 2. The second-order valence-electron chi connectivity index (χ2n) is 3.55. The van der Waals surface area contributed by atoms with Crippen LogP contribution in [-0.2, 0) is 0 Å². The van der Waals surface area contributed by atoms with Crippen molar-refractivity contribution in [2.24, 2.45) is 10.9 Å². The van der Waals surface area contributed by atoms with Gasteiger partial charge in [0, 0.05) is 0 Å². The summed E-state index contributed by atoms with van der Waals surface area (Å²) in [5.74, 6) is 0.824. The lowest BCUT2D eigenvalue weighted by Gasteiger charge is -2.15. The van der Waals surface area contributed by atoms with Crippen molar-refractivity contribution < 1.29 is 9.94 Å². The van der Waals surface area contributed by atoms with E-state index in [0.29, 0.717) is 0 Å². The quantitative estimate of drug-likeness (QED) is 0.344. The van der Waals surface area contributed by atoms with Crippen molar-refractivity contribution in [2.45, 2.75) is 26.9 Å². The molecule has 82 valence electrons. The van der Waals surface area contributed by atoms with Crippen LogP contribution in [0.4, 0.5) is 0 Å². The summed E-state index contributed by atoms with van der Waals surface area (Å²) in [6.07, 6.45) is -0.435. The number of oxime groups is 1. The average molecular weight is 208 g/mol. The number of rotatable bonds is 3. The molecule has 0 saturated carbocycles. The van der Waals surface area contributed by atoms with E-state index in [1.807, 2.05) is 32.0 Å². The maximum atomic E-state index is 8.49. The molecule has 4 nitrogen and oxygen atoms in total. The van der Waals surface area contributed by atoms with Crippen molar-refractivity contribution in [3.63, 3.8) is 0 Å². The Morgan fingerprint density at radius 2 is 2.13 bits per heavy atom. The summed E-state index contributed by atoms with van der Waals surface area (Å²) in [6, 6.07) is 5.91. The van der Waals surface area contributed by atoms with Gasteiger partial charge in [-0.15, -0.1) is 0 Å². The zero-order valence-electron chi connectivity index (χ0n) is 9.19. The summed E-state index contributed by atoms with van der Waals surface area (Å²) >= 11 is 0. The van der Waals surface area contributed by atoms with Gasteiger partial charge in [-0.05, 0) is 38.0 Å². The van der Waals surface area contributed by atoms with Crippen LogP contribution in [0.3, 0.4) is 0 Å². The van der Waals surface area contributed by atoms with Gasteiger partial charge in [-0.1, -0.05) is 17.3 Å². The second-order valence-corrected chi connectivity index (χ2v) is 3.55. The van der Waals surface area contributed by atoms with Crippen LogP contribution < -0.4 is 10.5 Å². The minimum atomic E-state index is -0.435. The topological polar surface area (TPSA) is 67.8 Å². The zero-order valence-corrected chi connectivity index (χ0v) is 9.19. The number of aryl methyl sites for hydroxylation is 2. The van der Waals surface area contributed by atoms with E-state index >= 15 is 0 Å². The number of benzene rings is 1. The van der Waals surface area contributed by atoms with Gasteiger partial charge < -0.3 is 15.7 Å². The van der Waals surface area contributed by atoms with E-state index in [0.717, 1.165) is 16.9 Å². The van der Waals surface area contributed by atoms with E-state index < -0.39 is 6.10 Å². The average Bonchev–Trinajstić information content (AvgIpc) is 2.22. The lowest BCUT2D eigenvalue weighted by Crippen LogP contribution is -2.31. The minimum absolute atomic E-state index is 0.0657. The van der Waals surface area contributed by atoms with Gasteiger partial charge in [0.1, 0.15) is 5.75 Å². The van der Waals surface area contributed by atoms with E-state index in [2.05, 4.69) is 5.16 Å². The fraction of sp³-hybridized carbons (Fsp3) is 0.364. The first kappa shape index (κ1) is 11.4. The van der Waals surface area contributed by atoms with Crippen LogP contribution in [0.15, 0.2) is 23.4 Å². The molecule has 0 heterocycles. The molecule has 0 aliphatic rings. The van der Waals surface area contributed by atoms with Gasteiger partial charge in [-0.2, -0.15) is 0 Å². The molecule has 0 aliphatic heterocycles. The van der Waals surface area contributed by atoms with E-state index in [4.69, 9.17) is 15.7 Å². The molecular weight excluding hydrogens is 192 g/mol. The highest BCUT2D eigenvalue weighted by atomic mass is 16.5. The molecule has 3 N–H and O–H groups in total. The summed E-state index contributed by atoms with van der Waals surface area (Å²) < 4.78 is 5.56. The number of amidine groups is 1. The van der Waals surface area contributed by atoms with Gasteiger partial charge in [0.05, 0.1) is 0 Å². The van der Waals surface area contributed by atoms with E-state index in [1.165, 1.54) is 0 Å². The fourth-order valence-electron chi connectivity index (χ4n) is 1.17. The van der Waals surface area contributed by atoms with Gasteiger partial charge in [-0.3, -0.25) is 0 Å². The highest BCUT2D eigenvalue weighted by Crippen LogP contribution is 2.20. The molecule has 0 saturated heterocycles. The first-order valence-corrected chi connectivity index (χ1v) is 4.76. The van der Waals surface area contributed by atoms with Crippen LogP contribution in [0.1, 0.15) is 18.1 Å². The summed E-state index contributed by atoms with van der Waals surface area (Å²) in [5.41, 5.74) is 7.57. The van der Waals surface area contributed by atoms with E-state index in [1.54, 1.807) is 6.92 Å². The predicted molar refractivity (Wildman–Crippen MR) is 59.4 cm³/mol. The SMILES string of the molecule is Cc1ccc(C)c(OC(C)C(N)=NO)c1. The highest BCUT2D eigenvalue weighted by Gasteiger charge is 2.10. The van der Waals surface area contributed by atoms with Gasteiger partial charge in [-0.25, -0.2) is 0 Å². The molecule has 0 aliphatic carbocycles. The maximum Gasteiger partial charge on any atom is 0.180 e. The Labute approximate surface area is 89.4 Å². The third-order valence-corrected chi connectivity index (χ3v) is 2.18. The van der Waals surface area contributed by atoms with Crippen LogP contribution in [0, 0.1) is 13.8 Å². The molecule has 0 spiro atoms. The molecule has 0 amide bonds. The summed E-state index contributed by atoms with van der Waals surface area (Å²) in [7, 11) is 0. The number of nitrogens with zero attached hydrogens (tertiary/aromatic N) is 1. The summed E-state index contributed by atoms with van der Waals surface area (Å²) in [5, 5.41) is 11.4. The smallest absolute Gasteiger partial charge is 0.180 e. The van der Waals surface area contributed by atoms with Crippen molar-refractivity contribution in [1.82, 2.24) is 0 Å². The van der Waals surface area contributed by atoms with Crippen molar-refractivity contribution in [2.75, 3.05) is 0 Å². The Bertz CT molecular complexity index is 375. The van der Waals surface area contributed by atoms with Gasteiger partial charge in [0.25, 0.3) is 0 Å². The number of hydrogen-bond acceptors (Lipinski definition) is 3. The summed E-state index contributed by atoms with van der Waals surface area (Å²) in [4.78, 5) is 0. The van der Waals surface area contributed by atoms with Gasteiger partial charge in [0.2, 0.25) is 0 Å². The molecule has 1 aromatic rings. The van der Waals surface area contributed by atoms with E-state index in [9.17, 15) is 0 Å². The lowest BCUT2D eigenvalue weighted by atomic mass is 10.1. The van der Waals surface area contributed by atoms with Crippen LogP contribution in [0.2, 0.25) is 0 Å². The molecule has 15 heavy (non-hydrogen) atoms. The molecular formula is C11H16N2O2. The van der Waals surface area contributed by atoms with Crippen molar-refractivity contribution in [1.29, 1.82) is 0 Å². The maximum absolute atomic E-state index is 8.49. The predicted octanol–water partition coefficient (Wildman–Crippen LogP) is 1.82. The molecule has 1 rings (SSSR count). The Balaban J connectivity index is 2.85. The van der Waals surface area contributed by atoms with Crippen LogP contribution in [0.5, 0.6) is 5.75 Å². The number of ether oxygens (including phenoxy) is 1. The molecule has 0 bridgehead atoms. The van der Waals surface area contributed by atoms with Crippen molar-refractivity contribution >= 4 is 5.84 Å². The van der Waals surface area contributed by atoms with Gasteiger partial charge in [0.15, 0.2) is 11.9 Å². The number of nitrogens with two attached hydrogens (primary N) is 1. The van der Waals surface area contributed by atoms with Gasteiger partial charge >= 0.3 is 0 Å². The first-order chi connectivity index (χ1) is 7.04.